The minimum Gasteiger partial charge on any atom is -0.487 e. The third-order valence-corrected chi connectivity index (χ3v) is 6.04. The van der Waals surface area contributed by atoms with E-state index in [4.69, 9.17) is 9.47 Å². The zero-order valence-corrected chi connectivity index (χ0v) is 20.7. The maximum atomic E-state index is 13.4. The molecule has 1 aliphatic rings. The molecule has 10 heteroatoms. The van der Waals surface area contributed by atoms with Crippen LogP contribution in [0.1, 0.15) is 22.3 Å². The first-order chi connectivity index (χ1) is 16.2. The summed E-state index contributed by atoms with van der Waals surface area (Å²) in [5.74, 6) is -0.383. The van der Waals surface area contributed by atoms with Gasteiger partial charge in [0.15, 0.2) is 5.70 Å². The summed E-state index contributed by atoms with van der Waals surface area (Å²) in [5.41, 5.74) is 2.27. The molecular formula is C24H15Br2FN2O5. The number of benzene rings is 3. The van der Waals surface area contributed by atoms with Crippen molar-refractivity contribution in [3.05, 3.63) is 107 Å². The van der Waals surface area contributed by atoms with E-state index in [1.54, 1.807) is 43.3 Å². The maximum Gasteiger partial charge on any atom is 0.363 e. The molecular weight excluding hydrogens is 575 g/mol. The fraction of sp³-hybridized carbons (Fsp3) is 0.0833. The molecule has 0 fully saturated rings. The topological polar surface area (TPSA) is 91.0 Å². The lowest BCUT2D eigenvalue weighted by Gasteiger charge is -2.11. The Hall–Kier alpha value is -3.37. The number of halogens is 3. The molecule has 0 amide bonds. The first-order valence-corrected chi connectivity index (χ1v) is 11.4. The molecule has 1 aliphatic heterocycles. The van der Waals surface area contributed by atoms with Crippen molar-refractivity contribution in [3.8, 4) is 5.75 Å². The molecule has 1 heterocycles. The molecule has 0 unspecified atom stereocenters. The first-order valence-electron chi connectivity index (χ1n) is 9.85. The highest BCUT2D eigenvalue weighted by molar-refractivity contribution is 9.11. The van der Waals surface area contributed by atoms with Crippen LogP contribution in [0.15, 0.2) is 74.2 Å². The Kier molecular flexibility index (Phi) is 6.90. The molecule has 0 N–H and O–H groups in total. The summed E-state index contributed by atoms with van der Waals surface area (Å²) in [5, 5.41) is 11.0. The van der Waals surface area contributed by atoms with E-state index in [0.29, 0.717) is 36.9 Å². The number of nitrogens with zero attached hydrogens (tertiary/aromatic N) is 2. The van der Waals surface area contributed by atoms with Crippen LogP contribution in [0, 0.1) is 22.9 Å². The molecule has 0 aromatic heterocycles. The number of nitro benzene ring substituents is 1. The van der Waals surface area contributed by atoms with Gasteiger partial charge in [0, 0.05) is 17.2 Å². The van der Waals surface area contributed by atoms with E-state index in [1.165, 1.54) is 24.3 Å². The van der Waals surface area contributed by atoms with Crippen molar-refractivity contribution in [1.29, 1.82) is 0 Å². The van der Waals surface area contributed by atoms with Crippen LogP contribution >= 0.6 is 31.9 Å². The van der Waals surface area contributed by atoms with Crippen LogP contribution in [-0.2, 0) is 16.1 Å². The van der Waals surface area contributed by atoms with E-state index in [1.807, 2.05) is 0 Å². The van der Waals surface area contributed by atoms with E-state index in [2.05, 4.69) is 36.9 Å². The van der Waals surface area contributed by atoms with Crippen LogP contribution < -0.4 is 4.74 Å². The van der Waals surface area contributed by atoms with Gasteiger partial charge in [0.2, 0.25) is 5.90 Å². The highest BCUT2D eigenvalue weighted by Gasteiger charge is 2.25. The van der Waals surface area contributed by atoms with Gasteiger partial charge in [-0.1, -0.05) is 12.1 Å². The molecule has 0 radical (unpaired) electrons. The average Bonchev–Trinajstić information content (AvgIpc) is 3.13. The van der Waals surface area contributed by atoms with Crippen LogP contribution in [-0.4, -0.2) is 16.8 Å². The molecule has 34 heavy (non-hydrogen) atoms. The lowest BCUT2D eigenvalue weighted by atomic mass is 10.1. The second-order valence-corrected chi connectivity index (χ2v) is 9.04. The minimum absolute atomic E-state index is 0.0288. The van der Waals surface area contributed by atoms with Gasteiger partial charge < -0.3 is 9.47 Å². The van der Waals surface area contributed by atoms with Gasteiger partial charge in [0.05, 0.1) is 13.9 Å². The number of aliphatic imine (C=N–C) groups is 1. The minimum atomic E-state index is -0.635. The highest BCUT2D eigenvalue weighted by Crippen LogP contribution is 2.36. The van der Waals surface area contributed by atoms with Gasteiger partial charge in [-0.3, -0.25) is 10.1 Å². The molecule has 172 valence electrons. The van der Waals surface area contributed by atoms with Crippen molar-refractivity contribution >= 4 is 55.5 Å². The summed E-state index contributed by atoms with van der Waals surface area (Å²) in [6.45, 7) is 1.77. The van der Waals surface area contributed by atoms with E-state index in [-0.39, 0.29) is 29.7 Å². The number of cyclic esters (lactones) is 1. The predicted octanol–water partition coefficient (Wildman–Crippen LogP) is 6.49. The number of esters is 1. The van der Waals surface area contributed by atoms with Crippen molar-refractivity contribution in [1.82, 2.24) is 0 Å². The first kappa shape index (κ1) is 23.8. The number of carbonyl (C=O) groups is 1. The van der Waals surface area contributed by atoms with Crippen LogP contribution in [0.3, 0.4) is 0 Å². The molecule has 4 rings (SSSR count). The molecule has 0 spiro atoms. The number of carbonyl (C=O) groups excluding carboxylic acids is 1. The molecule has 0 bridgehead atoms. The Morgan fingerprint density at radius 2 is 1.88 bits per heavy atom. The van der Waals surface area contributed by atoms with Gasteiger partial charge in [-0.15, -0.1) is 0 Å². The number of hydrogen-bond acceptors (Lipinski definition) is 6. The summed E-state index contributed by atoms with van der Waals surface area (Å²) in [4.78, 5) is 27.1. The zero-order valence-electron chi connectivity index (χ0n) is 17.6. The van der Waals surface area contributed by atoms with Gasteiger partial charge in [-0.05, 0) is 92.4 Å². The lowest BCUT2D eigenvalue weighted by molar-refractivity contribution is -0.385. The Bertz CT molecular complexity index is 1360. The quantitative estimate of drug-likeness (QED) is 0.142. The van der Waals surface area contributed by atoms with Gasteiger partial charge in [-0.25, -0.2) is 14.2 Å². The zero-order chi connectivity index (χ0) is 24.4. The monoisotopic (exact) mass is 588 g/mol. The van der Waals surface area contributed by atoms with Crippen LogP contribution in [0.5, 0.6) is 5.75 Å². The molecule has 0 aliphatic carbocycles. The highest BCUT2D eigenvalue weighted by atomic mass is 79.9. The van der Waals surface area contributed by atoms with E-state index in [0.717, 1.165) is 0 Å². The van der Waals surface area contributed by atoms with Gasteiger partial charge >= 0.3 is 5.97 Å². The SMILES string of the molecule is Cc1cc(C2=N/C(=C\c3cc(Br)c(OCc4cccc(F)c4)c(Br)c3)C(=O)O2)ccc1[N+](=O)[O-]. The van der Waals surface area contributed by atoms with Crippen LogP contribution in [0.2, 0.25) is 0 Å². The van der Waals surface area contributed by atoms with Crippen molar-refractivity contribution in [2.24, 2.45) is 4.99 Å². The van der Waals surface area contributed by atoms with E-state index < -0.39 is 10.9 Å². The fourth-order valence-electron chi connectivity index (χ4n) is 3.27. The van der Waals surface area contributed by atoms with Gasteiger partial charge in [0.1, 0.15) is 18.2 Å². The second kappa shape index (κ2) is 9.86. The lowest BCUT2D eigenvalue weighted by Crippen LogP contribution is -2.06. The number of nitro groups is 1. The number of ether oxygens (including phenoxy) is 2. The van der Waals surface area contributed by atoms with Crippen molar-refractivity contribution < 1.29 is 23.6 Å². The van der Waals surface area contributed by atoms with Gasteiger partial charge in [-0.2, -0.15) is 0 Å². The molecule has 3 aromatic rings. The Morgan fingerprint density at radius 3 is 2.53 bits per heavy atom. The molecule has 0 saturated carbocycles. The predicted molar refractivity (Wildman–Crippen MR) is 131 cm³/mol. The summed E-state index contributed by atoms with van der Waals surface area (Å²) in [7, 11) is 0. The third-order valence-electron chi connectivity index (χ3n) is 4.86. The van der Waals surface area contributed by atoms with Crippen LogP contribution in [0.25, 0.3) is 6.08 Å². The van der Waals surface area contributed by atoms with Crippen molar-refractivity contribution in [3.63, 3.8) is 0 Å². The van der Waals surface area contributed by atoms with E-state index >= 15 is 0 Å². The molecule has 7 nitrogen and oxygen atoms in total. The Balaban J connectivity index is 1.56. The number of aryl methyl sites for hydroxylation is 1. The molecule has 0 saturated heterocycles. The summed E-state index contributed by atoms with van der Waals surface area (Å²) >= 11 is 6.92. The summed E-state index contributed by atoms with van der Waals surface area (Å²) in [6, 6.07) is 14.0. The van der Waals surface area contributed by atoms with Crippen molar-refractivity contribution in [2.45, 2.75) is 13.5 Å². The number of rotatable bonds is 6. The normalized spacial score (nSPS) is 14.2. The van der Waals surface area contributed by atoms with Crippen LogP contribution in [0.4, 0.5) is 10.1 Å². The molecule has 3 aromatic carbocycles. The smallest absolute Gasteiger partial charge is 0.363 e. The largest absolute Gasteiger partial charge is 0.487 e. The molecule has 0 atom stereocenters. The van der Waals surface area contributed by atoms with Crippen molar-refractivity contribution in [2.75, 3.05) is 0 Å². The van der Waals surface area contributed by atoms with Gasteiger partial charge in [0.25, 0.3) is 5.69 Å². The maximum absolute atomic E-state index is 13.4. The standard InChI is InChI=1S/C24H15Br2FN2O5/c1-13-7-16(5-6-21(13)29(31)32)23-28-20(24(30)34-23)11-15-9-18(25)22(19(26)10-15)33-12-14-3-2-4-17(27)8-14/h2-11H,12H2,1H3/b20-11-. The summed E-state index contributed by atoms with van der Waals surface area (Å²) in [6.07, 6.45) is 1.56. The second-order valence-electron chi connectivity index (χ2n) is 7.33. The number of hydrogen-bond donors (Lipinski definition) is 0. The fourth-order valence-corrected chi connectivity index (χ4v) is 4.72. The third kappa shape index (κ3) is 5.23. The Labute approximate surface area is 210 Å². The van der Waals surface area contributed by atoms with E-state index in [9.17, 15) is 19.3 Å². The Morgan fingerprint density at radius 1 is 1.15 bits per heavy atom. The summed E-state index contributed by atoms with van der Waals surface area (Å²) < 4.78 is 25.7. The average molecular weight is 590 g/mol.